The predicted octanol–water partition coefficient (Wildman–Crippen LogP) is 5.11. The van der Waals surface area contributed by atoms with Gasteiger partial charge in [0.25, 0.3) is 5.56 Å². The number of hydrogen-bond donors (Lipinski definition) is 2. The summed E-state index contributed by atoms with van der Waals surface area (Å²) < 4.78 is 19.4. The Balaban J connectivity index is 1.67. The SMILES string of the molecule is Cc1cc(C)c2cc(CN(Cc3ccco3)C(=O)Nc3ccccc3F)c(=O)[nH]c2c1. The van der Waals surface area contributed by atoms with Gasteiger partial charge in [0.1, 0.15) is 11.6 Å². The number of urea groups is 1. The van der Waals surface area contributed by atoms with Gasteiger partial charge in [0, 0.05) is 16.5 Å². The first kappa shape index (κ1) is 20.4. The number of para-hydroxylation sites is 1. The van der Waals surface area contributed by atoms with Gasteiger partial charge >= 0.3 is 6.03 Å². The van der Waals surface area contributed by atoms with Crippen LogP contribution in [0.5, 0.6) is 0 Å². The molecule has 2 N–H and O–H groups in total. The summed E-state index contributed by atoms with van der Waals surface area (Å²) in [5.74, 6) is 0.0102. The van der Waals surface area contributed by atoms with Crippen LogP contribution in [0.25, 0.3) is 10.9 Å². The Hall–Kier alpha value is -3.87. The molecule has 0 fully saturated rings. The van der Waals surface area contributed by atoms with E-state index in [9.17, 15) is 14.0 Å². The maximum Gasteiger partial charge on any atom is 0.322 e. The second kappa shape index (κ2) is 8.47. The smallest absolute Gasteiger partial charge is 0.322 e. The molecular weight excluding hydrogens is 397 g/mol. The molecule has 0 aliphatic heterocycles. The van der Waals surface area contributed by atoms with E-state index in [0.29, 0.717) is 11.3 Å². The highest BCUT2D eigenvalue weighted by molar-refractivity contribution is 5.89. The number of pyridine rings is 1. The average molecular weight is 419 g/mol. The number of halogens is 1. The molecule has 6 nitrogen and oxygen atoms in total. The van der Waals surface area contributed by atoms with Crippen molar-refractivity contribution < 1.29 is 13.6 Å². The molecule has 158 valence electrons. The highest BCUT2D eigenvalue weighted by atomic mass is 19.1. The molecule has 4 aromatic rings. The number of carbonyl (C=O) groups is 1. The van der Waals surface area contributed by atoms with Crippen LogP contribution in [0.2, 0.25) is 0 Å². The van der Waals surface area contributed by atoms with E-state index in [4.69, 9.17) is 4.42 Å². The number of benzene rings is 2. The number of hydrogen-bond acceptors (Lipinski definition) is 3. The maximum atomic E-state index is 14.0. The molecule has 2 aromatic heterocycles. The number of amides is 2. The van der Waals surface area contributed by atoms with Gasteiger partial charge in [0.05, 0.1) is 25.0 Å². The van der Waals surface area contributed by atoms with E-state index in [-0.39, 0.29) is 24.3 Å². The number of furan rings is 1. The molecule has 0 bridgehead atoms. The third-order valence-electron chi connectivity index (χ3n) is 5.08. The average Bonchev–Trinajstić information content (AvgIpc) is 3.23. The molecule has 0 unspecified atom stereocenters. The molecule has 2 heterocycles. The van der Waals surface area contributed by atoms with Gasteiger partial charge < -0.3 is 19.6 Å². The van der Waals surface area contributed by atoms with Crippen LogP contribution in [0.3, 0.4) is 0 Å². The zero-order chi connectivity index (χ0) is 22.0. The minimum Gasteiger partial charge on any atom is -0.467 e. The zero-order valence-electron chi connectivity index (χ0n) is 17.2. The first-order valence-corrected chi connectivity index (χ1v) is 9.86. The number of carbonyl (C=O) groups excluding carboxylic acids is 1. The topological polar surface area (TPSA) is 78.3 Å². The van der Waals surface area contributed by atoms with Crippen molar-refractivity contribution in [3.63, 3.8) is 0 Å². The van der Waals surface area contributed by atoms with Crippen molar-refractivity contribution in [1.82, 2.24) is 9.88 Å². The molecule has 0 spiro atoms. The molecular formula is C24H22FN3O3. The minimum absolute atomic E-state index is 0.0274. The second-order valence-electron chi connectivity index (χ2n) is 7.51. The summed E-state index contributed by atoms with van der Waals surface area (Å²) in [4.78, 5) is 30.0. The summed E-state index contributed by atoms with van der Waals surface area (Å²) >= 11 is 0. The maximum absolute atomic E-state index is 14.0. The van der Waals surface area contributed by atoms with Crippen molar-refractivity contribution in [2.45, 2.75) is 26.9 Å². The van der Waals surface area contributed by atoms with Crippen molar-refractivity contribution in [3.8, 4) is 0 Å². The first-order chi connectivity index (χ1) is 14.9. The van der Waals surface area contributed by atoms with Crippen LogP contribution in [0, 0.1) is 19.7 Å². The van der Waals surface area contributed by atoms with Crippen LogP contribution >= 0.6 is 0 Å². The summed E-state index contributed by atoms with van der Waals surface area (Å²) in [6, 6.07) is 14.6. The highest BCUT2D eigenvalue weighted by Crippen LogP contribution is 2.20. The first-order valence-electron chi connectivity index (χ1n) is 9.86. The number of rotatable bonds is 5. The largest absolute Gasteiger partial charge is 0.467 e. The monoisotopic (exact) mass is 419 g/mol. The van der Waals surface area contributed by atoms with Gasteiger partial charge in [-0.3, -0.25) is 4.79 Å². The molecule has 0 radical (unpaired) electrons. The third-order valence-corrected chi connectivity index (χ3v) is 5.08. The third kappa shape index (κ3) is 4.50. The van der Waals surface area contributed by atoms with Crippen LogP contribution in [0.4, 0.5) is 14.9 Å². The summed E-state index contributed by atoms with van der Waals surface area (Å²) in [5, 5.41) is 3.49. The van der Waals surface area contributed by atoms with Crippen molar-refractivity contribution in [2.75, 3.05) is 5.32 Å². The normalized spacial score (nSPS) is 10.9. The van der Waals surface area contributed by atoms with Crippen molar-refractivity contribution >= 4 is 22.6 Å². The molecule has 7 heteroatoms. The van der Waals surface area contributed by atoms with E-state index >= 15 is 0 Å². The van der Waals surface area contributed by atoms with Crippen molar-refractivity contribution in [2.24, 2.45) is 0 Å². The van der Waals surface area contributed by atoms with Gasteiger partial charge in [-0.25, -0.2) is 9.18 Å². The van der Waals surface area contributed by atoms with E-state index in [1.165, 1.54) is 23.3 Å². The number of aryl methyl sites for hydroxylation is 2. The minimum atomic E-state index is -0.540. The lowest BCUT2D eigenvalue weighted by Gasteiger charge is -2.22. The van der Waals surface area contributed by atoms with Gasteiger partial charge in [-0.15, -0.1) is 0 Å². The fourth-order valence-electron chi connectivity index (χ4n) is 3.59. The summed E-state index contributed by atoms with van der Waals surface area (Å²) in [7, 11) is 0. The van der Waals surface area contributed by atoms with Crippen LogP contribution < -0.4 is 10.9 Å². The number of nitrogens with one attached hydrogen (secondary N) is 2. The Labute approximate surface area is 178 Å². The molecule has 0 saturated carbocycles. The molecule has 0 aliphatic carbocycles. The van der Waals surface area contributed by atoms with E-state index < -0.39 is 11.8 Å². The van der Waals surface area contributed by atoms with Gasteiger partial charge in [-0.05, 0) is 61.4 Å². The van der Waals surface area contributed by atoms with Crippen LogP contribution in [0.15, 0.2) is 70.1 Å². The van der Waals surface area contributed by atoms with Gasteiger partial charge in [-0.1, -0.05) is 18.2 Å². The van der Waals surface area contributed by atoms with E-state index in [2.05, 4.69) is 10.3 Å². The highest BCUT2D eigenvalue weighted by Gasteiger charge is 2.19. The number of aromatic nitrogens is 1. The number of H-pyrrole nitrogens is 1. The van der Waals surface area contributed by atoms with Gasteiger partial charge in [-0.2, -0.15) is 0 Å². The summed E-state index contributed by atoms with van der Waals surface area (Å²) in [6.45, 7) is 4.09. The predicted molar refractivity (Wildman–Crippen MR) is 117 cm³/mol. The Morgan fingerprint density at radius 1 is 1.10 bits per heavy atom. The van der Waals surface area contributed by atoms with E-state index in [0.717, 1.165) is 22.0 Å². The van der Waals surface area contributed by atoms with Crippen LogP contribution in [0.1, 0.15) is 22.5 Å². The lowest BCUT2D eigenvalue weighted by Crippen LogP contribution is -2.35. The lowest BCUT2D eigenvalue weighted by atomic mass is 10.0. The second-order valence-corrected chi connectivity index (χ2v) is 7.51. The number of anilines is 1. The Kier molecular flexibility index (Phi) is 5.58. The standard InChI is InChI=1S/C24H22FN3O3/c1-15-10-16(2)19-12-17(23(29)26-22(19)11-15)13-28(14-18-6-5-9-31-18)24(30)27-21-8-4-3-7-20(21)25/h3-12H,13-14H2,1-2H3,(H,26,29)(H,27,30). The number of fused-ring (bicyclic) bond motifs is 1. The molecule has 2 amide bonds. The van der Waals surface area contributed by atoms with E-state index in [1.54, 1.807) is 30.3 Å². The van der Waals surface area contributed by atoms with Crippen molar-refractivity contribution in [1.29, 1.82) is 0 Å². The summed E-state index contributed by atoms with van der Waals surface area (Å²) in [5.41, 5.74) is 3.05. The number of nitrogens with zero attached hydrogens (tertiary/aromatic N) is 1. The van der Waals surface area contributed by atoms with Gasteiger partial charge in [0.15, 0.2) is 0 Å². The fourth-order valence-corrected chi connectivity index (χ4v) is 3.59. The molecule has 2 aromatic carbocycles. The van der Waals surface area contributed by atoms with Crippen molar-refractivity contribution in [3.05, 3.63) is 99.5 Å². The fraction of sp³-hybridized carbons (Fsp3) is 0.167. The number of aromatic amines is 1. The molecule has 0 saturated heterocycles. The van der Waals surface area contributed by atoms with Gasteiger partial charge in [0.2, 0.25) is 0 Å². The van der Waals surface area contributed by atoms with E-state index in [1.807, 2.05) is 26.0 Å². The molecule has 4 rings (SSSR count). The summed E-state index contributed by atoms with van der Waals surface area (Å²) in [6.07, 6.45) is 1.51. The molecule has 0 atom stereocenters. The Morgan fingerprint density at radius 3 is 2.65 bits per heavy atom. The quantitative estimate of drug-likeness (QED) is 0.472. The zero-order valence-corrected chi connectivity index (χ0v) is 17.2. The molecule has 31 heavy (non-hydrogen) atoms. The van der Waals surface area contributed by atoms with Crippen LogP contribution in [-0.2, 0) is 13.1 Å². The molecule has 0 aliphatic rings. The van der Waals surface area contributed by atoms with Crippen LogP contribution in [-0.4, -0.2) is 15.9 Å². The lowest BCUT2D eigenvalue weighted by molar-refractivity contribution is 0.201. The Bertz CT molecular complexity index is 1300. The Morgan fingerprint density at radius 2 is 1.90 bits per heavy atom.